The maximum absolute atomic E-state index is 13.0. The van der Waals surface area contributed by atoms with Crippen LogP contribution in [0.1, 0.15) is 26.7 Å². The molecule has 0 unspecified atom stereocenters. The molecule has 0 spiro atoms. The molecule has 4 nitrogen and oxygen atoms in total. The molecule has 0 fully saturated rings. The van der Waals surface area contributed by atoms with Gasteiger partial charge in [0.05, 0.1) is 15.5 Å². The van der Waals surface area contributed by atoms with E-state index in [0.717, 1.165) is 18.2 Å². The molecule has 2 N–H and O–H groups in total. The molecule has 1 aromatic carbocycles. The Morgan fingerprint density at radius 1 is 1.37 bits per heavy atom. The molecule has 0 saturated carbocycles. The monoisotopic (exact) mass is 309 g/mol. The van der Waals surface area contributed by atoms with Gasteiger partial charge in [0.25, 0.3) is 0 Å². The zero-order valence-electron chi connectivity index (χ0n) is 10.8. The summed E-state index contributed by atoms with van der Waals surface area (Å²) in [4.78, 5) is -0.131. The first-order chi connectivity index (χ1) is 8.74. The van der Waals surface area contributed by atoms with E-state index in [1.165, 1.54) is 0 Å². The van der Waals surface area contributed by atoms with Gasteiger partial charge in [0.2, 0.25) is 10.0 Å². The Kier molecular flexibility index (Phi) is 5.32. The second-order valence-electron chi connectivity index (χ2n) is 4.33. The Morgan fingerprint density at radius 2 is 1.95 bits per heavy atom. The summed E-state index contributed by atoms with van der Waals surface area (Å²) in [6.45, 7) is 3.44. The van der Waals surface area contributed by atoms with Crippen LogP contribution in [0.2, 0.25) is 5.02 Å². The Labute approximate surface area is 117 Å². The molecule has 0 aliphatic carbocycles. The smallest absolute Gasteiger partial charge is 0.240 e. The van der Waals surface area contributed by atoms with E-state index in [2.05, 4.69) is 4.72 Å². The number of hydrogen-bond acceptors (Lipinski definition) is 3. The van der Waals surface area contributed by atoms with Crippen molar-refractivity contribution in [3.8, 4) is 0 Å². The normalized spacial score (nSPS) is 12.7. The third-order valence-corrected chi connectivity index (χ3v) is 4.80. The highest BCUT2D eigenvalue weighted by Gasteiger charge is 2.25. The maximum atomic E-state index is 13.0. The van der Waals surface area contributed by atoms with E-state index in [1.54, 1.807) is 13.8 Å². The van der Waals surface area contributed by atoms with E-state index < -0.39 is 21.4 Å². The zero-order valence-corrected chi connectivity index (χ0v) is 12.4. The summed E-state index contributed by atoms with van der Waals surface area (Å²) >= 11 is 5.55. The molecule has 0 saturated heterocycles. The van der Waals surface area contributed by atoms with Gasteiger partial charge in [-0.05, 0) is 31.0 Å². The molecule has 0 bridgehead atoms. The number of hydrogen-bond donors (Lipinski definition) is 2. The molecule has 108 valence electrons. The quantitative estimate of drug-likeness (QED) is 0.847. The molecule has 0 amide bonds. The van der Waals surface area contributed by atoms with Crippen LogP contribution in [-0.4, -0.2) is 25.7 Å². The number of benzene rings is 1. The highest BCUT2D eigenvalue weighted by molar-refractivity contribution is 7.89. The fourth-order valence-corrected chi connectivity index (χ4v) is 2.85. The molecule has 0 aromatic heterocycles. The van der Waals surface area contributed by atoms with Crippen LogP contribution in [0, 0.1) is 5.82 Å². The highest BCUT2D eigenvalue weighted by Crippen LogP contribution is 2.20. The van der Waals surface area contributed by atoms with Gasteiger partial charge in [-0.3, -0.25) is 0 Å². The summed E-state index contributed by atoms with van der Waals surface area (Å²) in [5.74, 6) is -0.681. The Hall–Kier alpha value is -0.690. The van der Waals surface area contributed by atoms with Crippen LogP contribution in [0.3, 0.4) is 0 Å². The Balaban J connectivity index is 2.90. The first-order valence-corrected chi connectivity index (χ1v) is 7.77. The van der Waals surface area contributed by atoms with Crippen LogP contribution in [-0.2, 0) is 10.0 Å². The Morgan fingerprint density at radius 3 is 2.42 bits per heavy atom. The van der Waals surface area contributed by atoms with Crippen molar-refractivity contribution in [1.29, 1.82) is 0 Å². The van der Waals surface area contributed by atoms with Crippen LogP contribution in [0.4, 0.5) is 4.39 Å². The summed E-state index contributed by atoms with van der Waals surface area (Å²) in [6.07, 6.45) is 0.854. The lowest BCUT2D eigenvalue weighted by atomic mass is 9.98. The maximum Gasteiger partial charge on any atom is 0.240 e. The van der Waals surface area contributed by atoms with Crippen molar-refractivity contribution < 1.29 is 17.9 Å². The van der Waals surface area contributed by atoms with Crippen molar-refractivity contribution in [1.82, 2.24) is 4.72 Å². The number of rotatable bonds is 6. The highest BCUT2D eigenvalue weighted by atomic mass is 35.5. The molecule has 0 aliphatic rings. The summed E-state index contributed by atoms with van der Waals surface area (Å²) in [5.41, 5.74) is -1.09. The van der Waals surface area contributed by atoms with Crippen molar-refractivity contribution in [2.45, 2.75) is 37.2 Å². The molecule has 19 heavy (non-hydrogen) atoms. The number of halogens is 2. The second-order valence-corrected chi connectivity index (χ2v) is 6.51. The van der Waals surface area contributed by atoms with Crippen LogP contribution in [0.5, 0.6) is 0 Å². The minimum absolute atomic E-state index is 0.0999. The van der Waals surface area contributed by atoms with Gasteiger partial charge in [-0.2, -0.15) is 0 Å². The van der Waals surface area contributed by atoms with Crippen LogP contribution in [0.15, 0.2) is 23.1 Å². The summed E-state index contributed by atoms with van der Waals surface area (Å²) < 4.78 is 39.2. The molecule has 0 radical (unpaired) electrons. The van der Waals surface area contributed by atoms with Crippen LogP contribution >= 0.6 is 11.6 Å². The molecule has 0 atom stereocenters. The molecular formula is C12H17ClFNO3S. The van der Waals surface area contributed by atoms with Gasteiger partial charge in [0, 0.05) is 6.54 Å². The van der Waals surface area contributed by atoms with Crippen molar-refractivity contribution in [3.63, 3.8) is 0 Å². The molecule has 0 heterocycles. The van der Waals surface area contributed by atoms with Gasteiger partial charge in [-0.1, -0.05) is 25.4 Å². The molecule has 0 aliphatic heterocycles. The summed E-state index contributed by atoms with van der Waals surface area (Å²) in [7, 11) is -3.81. The minimum atomic E-state index is -3.81. The first kappa shape index (κ1) is 16.4. The van der Waals surface area contributed by atoms with Gasteiger partial charge < -0.3 is 5.11 Å². The Bertz CT molecular complexity index is 544. The average Bonchev–Trinajstić information content (AvgIpc) is 2.39. The van der Waals surface area contributed by atoms with Crippen molar-refractivity contribution in [2.75, 3.05) is 6.54 Å². The largest absolute Gasteiger partial charge is 0.389 e. The molecule has 7 heteroatoms. The SMILES string of the molecule is CCC(O)(CC)CNS(=O)(=O)c1ccc(F)c(Cl)c1. The number of aliphatic hydroxyl groups is 1. The number of nitrogens with one attached hydrogen (secondary N) is 1. The van der Waals surface area contributed by atoms with Crippen molar-refractivity contribution in [2.24, 2.45) is 0 Å². The van der Waals surface area contributed by atoms with Gasteiger partial charge >= 0.3 is 0 Å². The minimum Gasteiger partial charge on any atom is -0.389 e. The van der Waals surface area contributed by atoms with Crippen LogP contribution in [0.25, 0.3) is 0 Å². The van der Waals surface area contributed by atoms with E-state index in [0.29, 0.717) is 12.8 Å². The molecule has 1 aromatic rings. The predicted octanol–water partition coefficient (Wildman–Crippen LogP) is 2.31. The van der Waals surface area contributed by atoms with E-state index in [9.17, 15) is 17.9 Å². The molecule has 1 rings (SSSR count). The summed E-state index contributed by atoms with van der Waals surface area (Å²) in [6, 6.07) is 3.15. The van der Waals surface area contributed by atoms with Gasteiger partial charge in [-0.25, -0.2) is 17.5 Å². The fourth-order valence-electron chi connectivity index (χ4n) is 1.46. The third-order valence-electron chi connectivity index (χ3n) is 3.11. The summed E-state index contributed by atoms with van der Waals surface area (Å²) in [5, 5.41) is 9.76. The second kappa shape index (κ2) is 6.17. The molecular weight excluding hydrogens is 293 g/mol. The van der Waals surface area contributed by atoms with E-state index >= 15 is 0 Å². The lowest BCUT2D eigenvalue weighted by Gasteiger charge is -2.25. The van der Waals surface area contributed by atoms with Crippen molar-refractivity contribution in [3.05, 3.63) is 29.0 Å². The zero-order chi connectivity index (χ0) is 14.7. The lowest BCUT2D eigenvalue weighted by Crippen LogP contribution is -2.41. The third kappa shape index (κ3) is 4.14. The standard InChI is InChI=1S/C12H17ClFNO3S/c1-3-12(16,4-2)8-15-19(17,18)9-5-6-11(14)10(13)7-9/h5-7,15-16H,3-4,8H2,1-2H3. The first-order valence-electron chi connectivity index (χ1n) is 5.91. The van der Waals surface area contributed by atoms with Gasteiger partial charge in [-0.15, -0.1) is 0 Å². The average molecular weight is 310 g/mol. The van der Waals surface area contributed by atoms with E-state index in [1.807, 2.05) is 0 Å². The van der Waals surface area contributed by atoms with E-state index in [4.69, 9.17) is 11.6 Å². The fraction of sp³-hybridized carbons (Fsp3) is 0.500. The number of sulfonamides is 1. The van der Waals surface area contributed by atoms with E-state index in [-0.39, 0.29) is 16.5 Å². The van der Waals surface area contributed by atoms with Gasteiger partial charge in [0.1, 0.15) is 5.82 Å². The van der Waals surface area contributed by atoms with Crippen LogP contribution < -0.4 is 4.72 Å². The predicted molar refractivity (Wildman–Crippen MR) is 72.1 cm³/mol. The van der Waals surface area contributed by atoms with Crippen molar-refractivity contribution >= 4 is 21.6 Å². The lowest BCUT2D eigenvalue weighted by molar-refractivity contribution is 0.0377. The van der Waals surface area contributed by atoms with Gasteiger partial charge in [0.15, 0.2) is 0 Å². The topological polar surface area (TPSA) is 66.4 Å².